The van der Waals surface area contributed by atoms with E-state index in [1.165, 1.54) is 55.8 Å². The molecule has 0 fully saturated rings. The van der Waals surface area contributed by atoms with Gasteiger partial charge in [-0.25, -0.2) is 0 Å². The monoisotopic (exact) mass is 569 g/mol. The van der Waals surface area contributed by atoms with Crippen LogP contribution in [0.25, 0.3) is 33.4 Å². The summed E-state index contributed by atoms with van der Waals surface area (Å²) in [6, 6.07) is 53.4. The molecule has 0 radical (unpaired) electrons. The van der Waals surface area contributed by atoms with Gasteiger partial charge in [0.1, 0.15) is 0 Å². The Labute approximate surface area is 262 Å². The van der Waals surface area contributed by atoms with Crippen molar-refractivity contribution in [2.24, 2.45) is 0 Å². The zero-order valence-corrected chi connectivity index (χ0v) is 26.3. The van der Waals surface area contributed by atoms with E-state index >= 15 is 0 Å². The number of anilines is 3. The molecule has 0 saturated heterocycles. The fraction of sp³-hybridized carbons (Fsp3) is 0.163. The molecule has 1 aliphatic rings. The summed E-state index contributed by atoms with van der Waals surface area (Å²) in [5, 5.41) is 0. The van der Waals surface area contributed by atoms with Crippen LogP contribution in [-0.4, -0.2) is 0 Å². The first kappa shape index (κ1) is 27.9. The van der Waals surface area contributed by atoms with Crippen LogP contribution < -0.4 is 4.90 Å². The molecule has 0 atom stereocenters. The molecule has 6 aromatic rings. The van der Waals surface area contributed by atoms with Gasteiger partial charge >= 0.3 is 0 Å². The summed E-state index contributed by atoms with van der Waals surface area (Å²) in [6.07, 6.45) is 0. The normalized spacial score (nSPS) is 13.3. The quantitative estimate of drug-likeness (QED) is 0.200. The van der Waals surface area contributed by atoms with Crippen LogP contribution in [0, 0.1) is 0 Å². The summed E-state index contributed by atoms with van der Waals surface area (Å²) in [5.41, 5.74) is 15.1. The molecule has 44 heavy (non-hydrogen) atoms. The first-order valence-electron chi connectivity index (χ1n) is 15.6. The number of hydrogen-bond acceptors (Lipinski definition) is 1. The van der Waals surface area contributed by atoms with Gasteiger partial charge in [-0.2, -0.15) is 0 Å². The topological polar surface area (TPSA) is 3.24 Å². The van der Waals surface area contributed by atoms with E-state index in [1.807, 2.05) is 0 Å². The van der Waals surface area contributed by atoms with E-state index in [-0.39, 0.29) is 10.8 Å². The summed E-state index contributed by atoms with van der Waals surface area (Å²) in [4.78, 5) is 2.47. The van der Waals surface area contributed by atoms with Crippen LogP contribution in [0.3, 0.4) is 0 Å². The molecule has 1 nitrogen and oxygen atoms in total. The summed E-state index contributed by atoms with van der Waals surface area (Å²) in [5.74, 6) is 0. The average Bonchev–Trinajstić information content (AvgIpc) is 3.27. The molecule has 0 aliphatic heterocycles. The van der Waals surface area contributed by atoms with Crippen molar-refractivity contribution in [2.45, 2.75) is 45.4 Å². The van der Waals surface area contributed by atoms with Gasteiger partial charge in [0.05, 0.1) is 11.4 Å². The first-order chi connectivity index (χ1) is 21.2. The van der Waals surface area contributed by atoms with Crippen molar-refractivity contribution in [3.8, 4) is 33.4 Å². The lowest BCUT2D eigenvalue weighted by Gasteiger charge is -2.32. The van der Waals surface area contributed by atoms with Crippen LogP contribution in [0.5, 0.6) is 0 Å². The highest BCUT2D eigenvalue weighted by Gasteiger charge is 2.37. The van der Waals surface area contributed by atoms with Crippen molar-refractivity contribution in [3.63, 3.8) is 0 Å². The van der Waals surface area contributed by atoms with Gasteiger partial charge in [-0.05, 0) is 74.7 Å². The van der Waals surface area contributed by atoms with E-state index in [4.69, 9.17) is 0 Å². The van der Waals surface area contributed by atoms with Crippen molar-refractivity contribution in [1.82, 2.24) is 0 Å². The zero-order valence-electron chi connectivity index (χ0n) is 26.3. The molecule has 1 heteroatoms. The number of para-hydroxylation sites is 2. The highest BCUT2D eigenvalue weighted by Crippen LogP contribution is 2.54. The number of fused-ring (bicyclic) bond motifs is 3. The van der Waals surface area contributed by atoms with E-state index in [9.17, 15) is 0 Å². The minimum atomic E-state index is -0.114. The molecule has 0 bridgehead atoms. The Kier molecular flexibility index (Phi) is 6.78. The molecule has 1 aliphatic carbocycles. The zero-order chi connectivity index (χ0) is 30.5. The first-order valence-corrected chi connectivity index (χ1v) is 15.6. The summed E-state index contributed by atoms with van der Waals surface area (Å²) in [6.45, 7) is 11.6. The summed E-state index contributed by atoms with van der Waals surface area (Å²) >= 11 is 0. The van der Waals surface area contributed by atoms with Gasteiger partial charge in [0.15, 0.2) is 0 Å². The van der Waals surface area contributed by atoms with E-state index in [0.29, 0.717) is 0 Å². The Morgan fingerprint density at radius 3 is 1.70 bits per heavy atom. The van der Waals surface area contributed by atoms with Gasteiger partial charge in [-0.15, -0.1) is 0 Å². The van der Waals surface area contributed by atoms with Gasteiger partial charge in [0, 0.05) is 22.2 Å². The lowest BCUT2D eigenvalue weighted by molar-refractivity contribution is 0.590. The van der Waals surface area contributed by atoms with Crippen molar-refractivity contribution < 1.29 is 0 Å². The van der Waals surface area contributed by atoms with Gasteiger partial charge in [0.2, 0.25) is 0 Å². The molecule has 0 spiro atoms. The number of nitrogens with zero attached hydrogens (tertiary/aromatic N) is 1. The molecule has 0 unspecified atom stereocenters. The van der Waals surface area contributed by atoms with E-state index in [0.717, 1.165) is 11.4 Å². The molecule has 0 aromatic heterocycles. The largest absolute Gasteiger partial charge is 0.309 e. The average molecular weight is 570 g/mol. The Bertz CT molecular complexity index is 1940. The van der Waals surface area contributed by atoms with E-state index in [2.05, 4.69) is 185 Å². The van der Waals surface area contributed by atoms with Crippen LogP contribution in [-0.2, 0) is 10.8 Å². The van der Waals surface area contributed by atoms with E-state index < -0.39 is 0 Å². The molecular formula is C43H39N. The van der Waals surface area contributed by atoms with Gasteiger partial charge in [-0.3, -0.25) is 0 Å². The second-order valence-corrected chi connectivity index (χ2v) is 13.5. The Balaban J connectivity index is 1.54. The van der Waals surface area contributed by atoms with Crippen LogP contribution in [0.4, 0.5) is 17.1 Å². The lowest BCUT2D eigenvalue weighted by atomic mass is 9.81. The predicted molar refractivity (Wildman–Crippen MR) is 188 cm³/mol. The minimum Gasteiger partial charge on any atom is -0.309 e. The van der Waals surface area contributed by atoms with Gasteiger partial charge < -0.3 is 4.90 Å². The third-order valence-corrected chi connectivity index (χ3v) is 9.25. The third kappa shape index (κ3) is 4.74. The highest BCUT2D eigenvalue weighted by molar-refractivity contribution is 5.97. The maximum absolute atomic E-state index is 2.47. The maximum Gasteiger partial charge on any atom is 0.0543 e. The third-order valence-electron chi connectivity index (χ3n) is 9.25. The van der Waals surface area contributed by atoms with Gasteiger partial charge in [-0.1, -0.05) is 150 Å². The molecule has 0 heterocycles. The van der Waals surface area contributed by atoms with Crippen molar-refractivity contribution >= 4 is 17.1 Å². The molecule has 7 rings (SSSR count). The smallest absolute Gasteiger partial charge is 0.0543 e. The van der Waals surface area contributed by atoms with Crippen LogP contribution >= 0.6 is 0 Å². The fourth-order valence-electron chi connectivity index (χ4n) is 6.82. The van der Waals surface area contributed by atoms with Gasteiger partial charge in [0.25, 0.3) is 0 Å². The second kappa shape index (κ2) is 10.7. The van der Waals surface area contributed by atoms with Crippen LogP contribution in [0.2, 0.25) is 0 Å². The Morgan fingerprint density at radius 2 is 1.02 bits per heavy atom. The summed E-state index contributed by atoms with van der Waals surface area (Å²) < 4.78 is 0. The fourth-order valence-corrected chi connectivity index (χ4v) is 6.82. The minimum absolute atomic E-state index is 0.0902. The van der Waals surface area contributed by atoms with Crippen molar-refractivity contribution in [1.29, 1.82) is 0 Å². The Morgan fingerprint density at radius 1 is 0.455 bits per heavy atom. The molecule has 216 valence electrons. The molecular weight excluding hydrogens is 530 g/mol. The predicted octanol–water partition coefficient (Wildman–Crippen LogP) is 12.1. The molecule has 0 amide bonds. The number of hydrogen-bond donors (Lipinski definition) is 0. The lowest BCUT2D eigenvalue weighted by Crippen LogP contribution is -2.17. The molecule has 0 saturated carbocycles. The van der Waals surface area contributed by atoms with Crippen LogP contribution in [0.1, 0.15) is 51.3 Å². The van der Waals surface area contributed by atoms with E-state index in [1.54, 1.807) is 0 Å². The number of benzene rings is 6. The van der Waals surface area contributed by atoms with Crippen molar-refractivity contribution in [2.75, 3.05) is 4.90 Å². The van der Waals surface area contributed by atoms with Crippen molar-refractivity contribution in [3.05, 3.63) is 162 Å². The summed E-state index contributed by atoms with van der Waals surface area (Å²) in [7, 11) is 0. The number of rotatable bonds is 5. The Hall–Kier alpha value is -4.88. The second-order valence-electron chi connectivity index (χ2n) is 13.5. The van der Waals surface area contributed by atoms with Crippen LogP contribution in [0.15, 0.2) is 146 Å². The maximum atomic E-state index is 2.47. The SMILES string of the molecule is CC(C)(C)c1ccc(-c2cc3c(cc2N(c2ccccc2)c2ccccc2-c2ccccc2)C(C)(C)c2ccccc2-3)cc1. The molecule has 6 aromatic carbocycles. The standard InChI is InChI=1S/C43H39N/c1-42(2,3)32-26-24-31(25-27-32)36-28-37-35-21-12-14-22-38(35)43(4,5)39(37)29-41(36)44(33-18-10-7-11-19-33)40-23-15-13-20-34(40)30-16-8-6-9-17-30/h6-29H,1-5H3. The highest BCUT2D eigenvalue weighted by atomic mass is 15.1. The molecule has 0 N–H and O–H groups in total.